The predicted molar refractivity (Wildman–Crippen MR) is 64.5 cm³/mol. The molecule has 0 aromatic heterocycles. The van der Waals surface area contributed by atoms with E-state index < -0.39 is 0 Å². The molecule has 2 aliphatic rings. The second-order valence-electron chi connectivity index (χ2n) is 5.17. The number of carbonyl (C=O) groups is 2. The van der Waals surface area contributed by atoms with Crippen LogP contribution in [0.3, 0.4) is 0 Å². The van der Waals surface area contributed by atoms with Crippen molar-refractivity contribution in [1.82, 2.24) is 15.5 Å². The van der Waals surface area contributed by atoms with Crippen LogP contribution in [0.4, 0.5) is 4.79 Å². The number of nitrogens with zero attached hydrogens (tertiary/aromatic N) is 1. The molecule has 17 heavy (non-hydrogen) atoms. The lowest BCUT2D eigenvalue weighted by Gasteiger charge is -2.30. The summed E-state index contributed by atoms with van der Waals surface area (Å²) in [7, 11) is 0. The van der Waals surface area contributed by atoms with Crippen LogP contribution in [0.25, 0.3) is 0 Å². The van der Waals surface area contributed by atoms with E-state index >= 15 is 0 Å². The van der Waals surface area contributed by atoms with Gasteiger partial charge in [0.05, 0.1) is 6.54 Å². The fourth-order valence-electron chi connectivity index (χ4n) is 1.99. The molecule has 5 nitrogen and oxygen atoms in total. The summed E-state index contributed by atoms with van der Waals surface area (Å²) < 4.78 is 0. The minimum Gasteiger partial charge on any atom is -0.352 e. The van der Waals surface area contributed by atoms with Gasteiger partial charge in [-0.2, -0.15) is 0 Å². The van der Waals surface area contributed by atoms with Crippen molar-refractivity contribution in [3.05, 3.63) is 0 Å². The molecule has 0 spiro atoms. The number of likely N-dealkylation sites (tertiary alicyclic amines) is 1. The summed E-state index contributed by atoms with van der Waals surface area (Å²) in [5, 5.41) is 5.52. The maximum atomic E-state index is 11.7. The van der Waals surface area contributed by atoms with Gasteiger partial charge in [0.25, 0.3) is 0 Å². The van der Waals surface area contributed by atoms with E-state index in [-0.39, 0.29) is 18.5 Å². The third-order valence-corrected chi connectivity index (χ3v) is 3.41. The van der Waals surface area contributed by atoms with E-state index in [4.69, 9.17) is 0 Å². The normalized spacial score (nSPS) is 21.1. The summed E-state index contributed by atoms with van der Waals surface area (Å²) >= 11 is 0. The molecular formula is C12H21N3O2. The molecule has 2 fully saturated rings. The van der Waals surface area contributed by atoms with E-state index in [1.165, 1.54) is 0 Å². The van der Waals surface area contributed by atoms with Crippen LogP contribution in [0, 0.1) is 5.92 Å². The van der Waals surface area contributed by atoms with Crippen molar-refractivity contribution < 1.29 is 9.59 Å². The third-order valence-electron chi connectivity index (χ3n) is 3.41. The molecule has 3 amide bonds. The molecule has 1 aliphatic heterocycles. The molecule has 0 unspecified atom stereocenters. The zero-order valence-electron chi connectivity index (χ0n) is 10.4. The zero-order valence-corrected chi connectivity index (χ0v) is 10.4. The first-order valence-electron chi connectivity index (χ1n) is 6.47. The second kappa shape index (κ2) is 5.38. The van der Waals surface area contributed by atoms with Crippen LogP contribution in [0.5, 0.6) is 0 Å². The molecule has 0 bridgehead atoms. The van der Waals surface area contributed by atoms with Gasteiger partial charge in [0.2, 0.25) is 5.91 Å². The lowest BCUT2D eigenvalue weighted by Crippen LogP contribution is -2.47. The van der Waals surface area contributed by atoms with Crippen LogP contribution >= 0.6 is 0 Å². The molecule has 0 atom stereocenters. The van der Waals surface area contributed by atoms with Crippen molar-refractivity contribution in [2.75, 3.05) is 19.6 Å². The molecule has 96 valence electrons. The maximum absolute atomic E-state index is 11.7. The van der Waals surface area contributed by atoms with Gasteiger partial charge in [0, 0.05) is 19.1 Å². The van der Waals surface area contributed by atoms with Gasteiger partial charge in [-0.3, -0.25) is 4.79 Å². The summed E-state index contributed by atoms with van der Waals surface area (Å²) in [4.78, 5) is 24.9. The quantitative estimate of drug-likeness (QED) is 0.762. The minimum atomic E-state index is -0.108. The molecule has 0 radical (unpaired) electrons. The predicted octanol–water partition coefficient (Wildman–Crippen LogP) is 0.706. The number of urea groups is 1. The van der Waals surface area contributed by atoms with E-state index in [9.17, 15) is 9.59 Å². The molecular weight excluding hydrogens is 218 g/mol. The number of amides is 3. The molecule has 0 aromatic rings. The van der Waals surface area contributed by atoms with Gasteiger partial charge >= 0.3 is 6.03 Å². The summed E-state index contributed by atoms with van der Waals surface area (Å²) in [6, 6.07) is 0.248. The average Bonchev–Trinajstić information content (AvgIpc) is 3.11. The molecule has 1 saturated carbocycles. The maximum Gasteiger partial charge on any atom is 0.317 e. The van der Waals surface area contributed by atoms with Gasteiger partial charge in [-0.1, -0.05) is 6.92 Å². The smallest absolute Gasteiger partial charge is 0.317 e. The fraction of sp³-hybridized carbons (Fsp3) is 0.833. The monoisotopic (exact) mass is 239 g/mol. The average molecular weight is 239 g/mol. The van der Waals surface area contributed by atoms with Crippen molar-refractivity contribution in [2.45, 2.75) is 38.6 Å². The first-order valence-corrected chi connectivity index (χ1v) is 6.47. The van der Waals surface area contributed by atoms with Gasteiger partial charge in [-0.25, -0.2) is 4.79 Å². The third kappa shape index (κ3) is 3.91. The minimum absolute atomic E-state index is 0.0776. The van der Waals surface area contributed by atoms with E-state index in [1.54, 1.807) is 4.90 Å². The number of carbonyl (C=O) groups excluding carboxylic acids is 2. The topological polar surface area (TPSA) is 61.4 Å². The van der Waals surface area contributed by atoms with Crippen LogP contribution in [-0.4, -0.2) is 42.5 Å². The summed E-state index contributed by atoms with van der Waals surface area (Å²) in [5.74, 6) is 0.628. The Kier molecular flexibility index (Phi) is 3.86. The van der Waals surface area contributed by atoms with Crippen molar-refractivity contribution in [2.24, 2.45) is 5.92 Å². The van der Waals surface area contributed by atoms with Crippen LogP contribution in [-0.2, 0) is 4.79 Å². The zero-order chi connectivity index (χ0) is 12.3. The van der Waals surface area contributed by atoms with Crippen molar-refractivity contribution in [3.63, 3.8) is 0 Å². The first kappa shape index (κ1) is 12.2. The van der Waals surface area contributed by atoms with E-state index in [0.29, 0.717) is 12.0 Å². The van der Waals surface area contributed by atoms with Gasteiger partial charge in [-0.15, -0.1) is 0 Å². The summed E-state index contributed by atoms with van der Waals surface area (Å²) in [6.07, 6.45) is 4.26. The van der Waals surface area contributed by atoms with Gasteiger partial charge in [0.15, 0.2) is 0 Å². The Hall–Kier alpha value is -1.26. The molecule has 0 aromatic carbocycles. The number of piperidine rings is 1. The van der Waals surface area contributed by atoms with Gasteiger partial charge in [0.1, 0.15) is 0 Å². The Bertz CT molecular complexity index is 294. The Morgan fingerprint density at radius 1 is 1.18 bits per heavy atom. The lowest BCUT2D eigenvalue weighted by molar-refractivity contribution is -0.120. The summed E-state index contributed by atoms with van der Waals surface area (Å²) in [5.41, 5.74) is 0. The molecule has 1 aliphatic carbocycles. The lowest BCUT2D eigenvalue weighted by atomic mass is 10.00. The number of nitrogens with one attached hydrogen (secondary N) is 2. The SMILES string of the molecule is CC1CCN(C(=O)NCC(=O)NC2CC2)CC1. The van der Waals surface area contributed by atoms with Crippen LogP contribution in [0.15, 0.2) is 0 Å². The number of hydrogen-bond acceptors (Lipinski definition) is 2. The highest BCUT2D eigenvalue weighted by Gasteiger charge is 2.24. The molecule has 1 heterocycles. The number of rotatable bonds is 3. The summed E-state index contributed by atoms with van der Waals surface area (Å²) in [6.45, 7) is 3.91. The van der Waals surface area contributed by atoms with Crippen LogP contribution < -0.4 is 10.6 Å². The van der Waals surface area contributed by atoms with Crippen LogP contribution in [0.2, 0.25) is 0 Å². The largest absolute Gasteiger partial charge is 0.352 e. The van der Waals surface area contributed by atoms with E-state index in [1.807, 2.05) is 0 Å². The first-order chi connectivity index (χ1) is 8.15. The standard InChI is InChI=1S/C12H21N3O2/c1-9-4-6-15(7-5-9)12(17)13-8-11(16)14-10-2-3-10/h9-10H,2-8H2,1H3,(H,13,17)(H,14,16). The van der Waals surface area contributed by atoms with Crippen molar-refractivity contribution in [1.29, 1.82) is 0 Å². The van der Waals surface area contributed by atoms with Crippen molar-refractivity contribution in [3.8, 4) is 0 Å². The Morgan fingerprint density at radius 2 is 1.82 bits per heavy atom. The van der Waals surface area contributed by atoms with E-state index in [2.05, 4.69) is 17.6 Å². The molecule has 2 N–H and O–H groups in total. The Morgan fingerprint density at radius 3 is 2.41 bits per heavy atom. The Labute approximate surface area is 102 Å². The highest BCUT2D eigenvalue weighted by molar-refractivity contribution is 5.84. The molecule has 2 rings (SSSR count). The van der Waals surface area contributed by atoms with Crippen LogP contribution in [0.1, 0.15) is 32.6 Å². The Balaban J connectivity index is 1.64. The number of hydrogen-bond donors (Lipinski definition) is 2. The highest BCUT2D eigenvalue weighted by atomic mass is 16.2. The highest BCUT2D eigenvalue weighted by Crippen LogP contribution is 2.18. The van der Waals surface area contributed by atoms with Gasteiger partial charge in [-0.05, 0) is 31.6 Å². The van der Waals surface area contributed by atoms with E-state index in [0.717, 1.165) is 38.8 Å². The van der Waals surface area contributed by atoms with Crippen molar-refractivity contribution >= 4 is 11.9 Å². The fourth-order valence-corrected chi connectivity index (χ4v) is 1.99. The van der Waals surface area contributed by atoms with Gasteiger partial charge < -0.3 is 15.5 Å². The molecule has 5 heteroatoms. The second-order valence-corrected chi connectivity index (χ2v) is 5.17. The molecule has 1 saturated heterocycles.